The molecule has 4 aliphatic carbocycles. The molecule has 0 radical (unpaired) electrons. The standard InChI is InChI=1S/C23H22N10/c1-2-4-16(5-3-1)18-28-31-33(29-18)23-9-14-6-15(10-23)8-22(7-14,12-23)21-26-20-17-11-25-27-19(17)24-13-32(20)30-21/h1-5,11,13-15H,6-10,12H2,(H,25,27)/t14-,15-,22?,23?/m1/s1. The summed E-state index contributed by atoms with van der Waals surface area (Å²) in [5.41, 5.74) is 2.38. The molecule has 4 aliphatic rings. The molecule has 0 amide bonds. The normalized spacial score (nSPS) is 30.5. The fraction of sp³-hybridized carbons (Fsp3) is 0.435. The van der Waals surface area contributed by atoms with Crippen LogP contribution in [0.2, 0.25) is 0 Å². The smallest absolute Gasteiger partial charge is 0.204 e. The van der Waals surface area contributed by atoms with Gasteiger partial charge < -0.3 is 0 Å². The minimum absolute atomic E-state index is 0.0628. The second-order valence-corrected chi connectivity index (χ2v) is 10.3. The Bertz CT molecular complexity index is 1500. The number of aromatic nitrogens is 10. The summed E-state index contributed by atoms with van der Waals surface area (Å²) in [6.45, 7) is 0. The van der Waals surface area contributed by atoms with E-state index in [9.17, 15) is 0 Å². The first-order chi connectivity index (χ1) is 16.2. The lowest BCUT2D eigenvalue weighted by atomic mass is 9.46. The van der Waals surface area contributed by atoms with E-state index in [-0.39, 0.29) is 11.0 Å². The molecule has 2 atom stereocenters. The number of H-pyrrole nitrogens is 1. The van der Waals surface area contributed by atoms with E-state index in [0.717, 1.165) is 60.2 Å². The van der Waals surface area contributed by atoms with Crippen molar-refractivity contribution in [1.29, 1.82) is 0 Å². The number of aromatic amines is 1. The number of hydrogen-bond donors (Lipinski definition) is 1. The highest BCUT2D eigenvalue weighted by atomic mass is 15.6. The maximum Gasteiger partial charge on any atom is 0.204 e. The van der Waals surface area contributed by atoms with Crippen molar-refractivity contribution in [1.82, 2.24) is 50.0 Å². The molecule has 4 aromatic heterocycles. The average molecular weight is 438 g/mol. The van der Waals surface area contributed by atoms with Crippen LogP contribution in [0.15, 0.2) is 42.9 Å². The van der Waals surface area contributed by atoms with Gasteiger partial charge in [-0.15, -0.1) is 15.3 Å². The van der Waals surface area contributed by atoms with Crippen molar-refractivity contribution >= 4 is 16.7 Å². The Balaban J connectivity index is 1.24. The molecule has 5 aromatic rings. The zero-order valence-electron chi connectivity index (χ0n) is 18.0. The van der Waals surface area contributed by atoms with E-state index in [1.807, 2.05) is 35.1 Å². The maximum absolute atomic E-state index is 5.07. The molecule has 10 nitrogen and oxygen atoms in total. The number of hydrogen-bond acceptors (Lipinski definition) is 7. The van der Waals surface area contributed by atoms with Crippen LogP contribution in [0.3, 0.4) is 0 Å². The molecule has 164 valence electrons. The van der Waals surface area contributed by atoms with Crippen LogP contribution in [0.4, 0.5) is 0 Å². The lowest BCUT2D eigenvalue weighted by Crippen LogP contribution is -2.59. The van der Waals surface area contributed by atoms with Crippen LogP contribution in [-0.2, 0) is 11.0 Å². The van der Waals surface area contributed by atoms with Crippen LogP contribution >= 0.6 is 0 Å². The van der Waals surface area contributed by atoms with E-state index in [1.54, 1.807) is 17.0 Å². The topological polar surface area (TPSA) is 115 Å². The highest BCUT2D eigenvalue weighted by Crippen LogP contribution is 2.64. The first-order valence-corrected chi connectivity index (χ1v) is 11.6. The van der Waals surface area contributed by atoms with Gasteiger partial charge in [-0.25, -0.2) is 14.5 Å². The summed E-state index contributed by atoms with van der Waals surface area (Å²) < 4.78 is 1.81. The Kier molecular flexibility index (Phi) is 3.24. The van der Waals surface area contributed by atoms with Gasteiger partial charge in [0.25, 0.3) is 0 Å². The Morgan fingerprint density at radius 2 is 1.85 bits per heavy atom. The SMILES string of the molecule is c1ccc(-c2nnn(C34C[C@@H]5C[C@H](CC(c6nc7c8cn[nH]c8ncn7n6)(C5)C3)C4)n2)cc1. The Labute approximate surface area is 188 Å². The summed E-state index contributed by atoms with van der Waals surface area (Å²) in [5.74, 6) is 2.90. The predicted octanol–water partition coefficient (Wildman–Crippen LogP) is 2.90. The fourth-order valence-corrected chi connectivity index (χ4v) is 7.29. The van der Waals surface area contributed by atoms with Crippen molar-refractivity contribution in [3.63, 3.8) is 0 Å². The van der Waals surface area contributed by atoms with Crippen LogP contribution < -0.4 is 0 Å². The third kappa shape index (κ3) is 2.40. The second kappa shape index (κ2) is 6.00. The minimum Gasteiger partial charge on any atom is -0.261 e. The lowest BCUT2D eigenvalue weighted by molar-refractivity contribution is -0.0784. The van der Waals surface area contributed by atoms with Crippen molar-refractivity contribution in [3.8, 4) is 11.4 Å². The summed E-state index contributed by atoms with van der Waals surface area (Å²) in [4.78, 5) is 11.4. The van der Waals surface area contributed by atoms with Crippen molar-refractivity contribution in [2.24, 2.45) is 11.8 Å². The molecule has 33 heavy (non-hydrogen) atoms. The highest BCUT2D eigenvalue weighted by Gasteiger charge is 2.61. The van der Waals surface area contributed by atoms with Gasteiger partial charge in [0.05, 0.1) is 17.1 Å². The van der Waals surface area contributed by atoms with Gasteiger partial charge in [0.1, 0.15) is 6.33 Å². The maximum atomic E-state index is 5.07. The highest BCUT2D eigenvalue weighted by molar-refractivity contribution is 5.87. The monoisotopic (exact) mass is 438 g/mol. The molecular weight excluding hydrogens is 416 g/mol. The number of rotatable bonds is 3. The van der Waals surface area contributed by atoms with Gasteiger partial charge in [-0.1, -0.05) is 30.3 Å². The molecule has 10 heteroatoms. The van der Waals surface area contributed by atoms with Gasteiger partial charge in [0, 0.05) is 11.0 Å². The number of benzene rings is 1. The lowest BCUT2D eigenvalue weighted by Gasteiger charge is -2.60. The molecule has 0 aliphatic heterocycles. The van der Waals surface area contributed by atoms with E-state index in [2.05, 4.69) is 25.5 Å². The number of fused-ring (bicyclic) bond motifs is 3. The summed E-state index contributed by atoms with van der Waals surface area (Å²) in [6, 6.07) is 10.1. The van der Waals surface area contributed by atoms with Gasteiger partial charge in [-0.05, 0) is 55.6 Å². The van der Waals surface area contributed by atoms with Crippen LogP contribution in [0.1, 0.15) is 44.3 Å². The predicted molar refractivity (Wildman–Crippen MR) is 118 cm³/mol. The molecule has 9 rings (SSSR count). The Hall–Kier alpha value is -3.69. The van der Waals surface area contributed by atoms with Crippen molar-refractivity contribution in [3.05, 3.63) is 48.7 Å². The van der Waals surface area contributed by atoms with Gasteiger partial charge >= 0.3 is 0 Å². The fourth-order valence-electron chi connectivity index (χ4n) is 7.29. The minimum atomic E-state index is -0.120. The molecule has 0 unspecified atom stereocenters. The molecule has 4 fully saturated rings. The van der Waals surface area contributed by atoms with Crippen molar-refractivity contribution in [2.45, 2.75) is 49.5 Å². The molecule has 4 saturated carbocycles. The first-order valence-electron chi connectivity index (χ1n) is 11.6. The summed E-state index contributed by atoms with van der Waals surface area (Å²) in [7, 11) is 0. The third-order valence-electron chi connectivity index (χ3n) is 8.16. The van der Waals surface area contributed by atoms with E-state index >= 15 is 0 Å². The summed E-state index contributed by atoms with van der Waals surface area (Å²) in [5, 5.41) is 26.8. The van der Waals surface area contributed by atoms with Crippen molar-refractivity contribution < 1.29 is 0 Å². The van der Waals surface area contributed by atoms with Gasteiger partial charge in [-0.3, -0.25) is 5.10 Å². The Morgan fingerprint density at radius 1 is 1.00 bits per heavy atom. The quantitative estimate of drug-likeness (QED) is 0.460. The number of nitrogens with zero attached hydrogens (tertiary/aromatic N) is 9. The molecule has 0 saturated heterocycles. The van der Waals surface area contributed by atoms with Gasteiger partial charge in [0.15, 0.2) is 17.1 Å². The van der Waals surface area contributed by atoms with E-state index < -0.39 is 0 Å². The molecule has 0 spiro atoms. The largest absolute Gasteiger partial charge is 0.261 e. The molecule has 1 aromatic carbocycles. The Morgan fingerprint density at radius 3 is 2.70 bits per heavy atom. The van der Waals surface area contributed by atoms with E-state index in [4.69, 9.17) is 15.2 Å². The number of tetrazole rings is 1. The molecule has 4 heterocycles. The van der Waals surface area contributed by atoms with Crippen LogP contribution in [0.25, 0.3) is 28.1 Å². The van der Waals surface area contributed by atoms with Crippen molar-refractivity contribution in [2.75, 3.05) is 0 Å². The molecule has 4 bridgehead atoms. The first kappa shape index (κ1) is 17.8. The van der Waals surface area contributed by atoms with Crippen LogP contribution in [0.5, 0.6) is 0 Å². The van der Waals surface area contributed by atoms with Gasteiger partial charge in [0.2, 0.25) is 5.82 Å². The van der Waals surface area contributed by atoms with Gasteiger partial charge in [-0.2, -0.15) is 9.90 Å². The zero-order valence-corrected chi connectivity index (χ0v) is 18.0. The second-order valence-electron chi connectivity index (χ2n) is 10.3. The molecular formula is C23H22N10. The van der Waals surface area contributed by atoms with E-state index in [0.29, 0.717) is 17.7 Å². The van der Waals surface area contributed by atoms with Crippen LogP contribution in [0, 0.1) is 11.8 Å². The average Bonchev–Trinajstić information content (AvgIpc) is 3.57. The van der Waals surface area contributed by atoms with Crippen LogP contribution in [-0.4, -0.2) is 50.0 Å². The molecule has 1 N–H and O–H groups in total. The van der Waals surface area contributed by atoms with E-state index in [1.165, 1.54) is 6.42 Å². The third-order valence-corrected chi connectivity index (χ3v) is 8.16. The summed E-state index contributed by atoms with van der Waals surface area (Å²) in [6.07, 6.45) is 10.2. The zero-order chi connectivity index (χ0) is 21.6. The number of nitrogens with one attached hydrogen (secondary N) is 1. The summed E-state index contributed by atoms with van der Waals surface area (Å²) >= 11 is 0.